The van der Waals surface area contributed by atoms with Crippen molar-refractivity contribution in [3.8, 4) is 5.75 Å². The topological polar surface area (TPSA) is 29.5 Å². The maximum Gasteiger partial charge on any atom is 0.136 e. The summed E-state index contributed by atoms with van der Waals surface area (Å²) in [6.07, 6.45) is 1.33. The van der Waals surface area contributed by atoms with Gasteiger partial charge in [0, 0.05) is 16.2 Å². The molecule has 0 fully saturated rings. The van der Waals surface area contributed by atoms with Crippen LogP contribution in [0.5, 0.6) is 5.75 Å². The first-order chi connectivity index (χ1) is 10.3. The highest BCUT2D eigenvalue weighted by molar-refractivity contribution is 7.99. The molecule has 1 aliphatic heterocycles. The van der Waals surface area contributed by atoms with Crippen LogP contribution in [-0.4, -0.2) is 17.5 Å². The van der Waals surface area contributed by atoms with E-state index in [1.165, 1.54) is 17.8 Å². The number of thioether (sulfide) groups is 1. The minimum Gasteiger partial charge on any atom is -0.493 e. The molecule has 110 valence electrons. The van der Waals surface area contributed by atoms with Gasteiger partial charge in [0.1, 0.15) is 11.6 Å². The largest absolute Gasteiger partial charge is 0.493 e. The molecule has 0 spiro atoms. The number of aliphatic hydroxyl groups excluding tert-OH is 1. The van der Waals surface area contributed by atoms with Crippen molar-refractivity contribution >= 4 is 11.8 Å². The second-order valence-electron chi connectivity index (χ2n) is 5.04. The van der Waals surface area contributed by atoms with E-state index in [-0.39, 0.29) is 5.82 Å². The van der Waals surface area contributed by atoms with E-state index >= 15 is 0 Å². The molecule has 1 unspecified atom stereocenters. The number of halogens is 1. The van der Waals surface area contributed by atoms with Crippen LogP contribution in [-0.2, 0) is 6.42 Å². The number of aryl methyl sites for hydroxylation is 1. The Kier molecular flexibility index (Phi) is 4.46. The van der Waals surface area contributed by atoms with Gasteiger partial charge in [0.2, 0.25) is 0 Å². The van der Waals surface area contributed by atoms with E-state index in [1.54, 1.807) is 18.2 Å². The molecule has 1 heterocycles. The van der Waals surface area contributed by atoms with E-state index < -0.39 is 6.10 Å². The molecule has 2 aromatic carbocycles. The summed E-state index contributed by atoms with van der Waals surface area (Å²) in [7, 11) is 0. The molecule has 4 heteroatoms. The molecule has 1 N–H and O–H groups in total. The quantitative estimate of drug-likeness (QED) is 0.867. The maximum atomic E-state index is 13.6. The first kappa shape index (κ1) is 14.4. The second-order valence-corrected chi connectivity index (χ2v) is 6.11. The Hall–Kier alpha value is -1.52. The number of hydrogen-bond donors (Lipinski definition) is 1. The maximum absolute atomic E-state index is 13.6. The molecule has 21 heavy (non-hydrogen) atoms. The fourth-order valence-corrected chi connectivity index (χ4v) is 3.39. The summed E-state index contributed by atoms with van der Waals surface area (Å²) in [4.78, 5) is 0.558. The zero-order valence-corrected chi connectivity index (χ0v) is 12.4. The van der Waals surface area contributed by atoms with Crippen LogP contribution in [0.25, 0.3) is 0 Å². The molecule has 0 bridgehead atoms. The van der Waals surface area contributed by atoms with Gasteiger partial charge in [-0.05, 0) is 30.5 Å². The van der Waals surface area contributed by atoms with Crippen molar-refractivity contribution in [2.24, 2.45) is 0 Å². The molecule has 1 aliphatic rings. The lowest BCUT2D eigenvalue weighted by molar-refractivity contribution is 0.192. The van der Waals surface area contributed by atoms with Crippen LogP contribution in [0.3, 0.4) is 0 Å². The third kappa shape index (κ3) is 3.22. The summed E-state index contributed by atoms with van der Waals surface area (Å²) < 4.78 is 19.3. The Bertz CT molecular complexity index is 630. The Morgan fingerprint density at radius 3 is 2.90 bits per heavy atom. The van der Waals surface area contributed by atoms with Crippen molar-refractivity contribution in [3.05, 3.63) is 59.4 Å². The van der Waals surface area contributed by atoms with Crippen LogP contribution in [0.1, 0.15) is 23.7 Å². The molecule has 0 saturated carbocycles. The predicted octanol–water partition coefficient (Wildman–Crippen LogP) is 3.98. The zero-order valence-electron chi connectivity index (χ0n) is 11.6. The zero-order chi connectivity index (χ0) is 14.7. The second kappa shape index (κ2) is 6.50. The number of hydrogen-bond acceptors (Lipinski definition) is 3. The van der Waals surface area contributed by atoms with E-state index in [2.05, 4.69) is 0 Å². The predicted molar refractivity (Wildman–Crippen MR) is 82.3 cm³/mol. The van der Waals surface area contributed by atoms with Gasteiger partial charge in [-0.1, -0.05) is 30.3 Å². The summed E-state index contributed by atoms with van der Waals surface area (Å²) >= 11 is 1.32. The smallest absolute Gasteiger partial charge is 0.136 e. The Balaban J connectivity index is 1.74. The van der Waals surface area contributed by atoms with E-state index in [4.69, 9.17) is 4.74 Å². The molecule has 2 aromatic rings. The third-order valence-corrected chi connectivity index (χ3v) is 4.68. The Labute approximate surface area is 128 Å². The van der Waals surface area contributed by atoms with Gasteiger partial charge in [0.05, 0.1) is 12.7 Å². The molecule has 0 saturated heterocycles. The van der Waals surface area contributed by atoms with Gasteiger partial charge in [-0.15, -0.1) is 11.8 Å². The number of benzene rings is 2. The van der Waals surface area contributed by atoms with Gasteiger partial charge in [-0.3, -0.25) is 0 Å². The van der Waals surface area contributed by atoms with Crippen molar-refractivity contribution < 1.29 is 14.2 Å². The SMILES string of the molecule is OC(CSc1ccccc1F)c1cccc2c1OCCC2. The molecule has 2 nitrogen and oxygen atoms in total. The third-order valence-electron chi connectivity index (χ3n) is 3.56. The van der Waals surface area contributed by atoms with Crippen molar-refractivity contribution in [2.45, 2.75) is 23.8 Å². The minimum absolute atomic E-state index is 0.249. The highest BCUT2D eigenvalue weighted by Crippen LogP contribution is 2.35. The van der Waals surface area contributed by atoms with Crippen LogP contribution in [0.4, 0.5) is 4.39 Å². The Morgan fingerprint density at radius 2 is 2.05 bits per heavy atom. The van der Waals surface area contributed by atoms with Crippen LogP contribution >= 0.6 is 11.8 Å². The van der Waals surface area contributed by atoms with E-state index in [0.717, 1.165) is 29.7 Å². The van der Waals surface area contributed by atoms with Crippen LogP contribution in [0.15, 0.2) is 47.4 Å². The van der Waals surface area contributed by atoms with Crippen molar-refractivity contribution in [1.29, 1.82) is 0 Å². The van der Waals surface area contributed by atoms with Crippen molar-refractivity contribution in [3.63, 3.8) is 0 Å². The summed E-state index contributed by atoms with van der Waals surface area (Å²) in [5, 5.41) is 10.4. The van der Waals surface area contributed by atoms with Gasteiger partial charge in [-0.2, -0.15) is 0 Å². The average molecular weight is 304 g/mol. The van der Waals surface area contributed by atoms with E-state index in [9.17, 15) is 9.50 Å². The molecule has 0 amide bonds. The fraction of sp³-hybridized carbons (Fsp3) is 0.294. The van der Waals surface area contributed by atoms with Gasteiger partial charge in [0.15, 0.2) is 0 Å². The van der Waals surface area contributed by atoms with E-state index in [0.29, 0.717) is 17.3 Å². The van der Waals surface area contributed by atoms with Crippen LogP contribution in [0.2, 0.25) is 0 Å². The average Bonchev–Trinajstić information content (AvgIpc) is 2.53. The summed E-state index contributed by atoms with van der Waals surface area (Å²) in [6, 6.07) is 12.5. The van der Waals surface area contributed by atoms with E-state index in [1.807, 2.05) is 18.2 Å². The molecular weight excluding hydrogens is 287 g/mol. The standard InChI is InChI=1S/C17H17FO2S/c18-14-8-1-2-9-16(14)21-11-15(19)13-7-3-5-12-6-4-10-20-17(12)13/h1-3,5,7-9,15,19H,4,6,10-11H2. The van der Waals surface area contributed by atoms with Crippen molar-refractivity contribution in [2.75, 3.05) is 12.4 Å². The molecule has 3 rings (SSSR count). The summed E-state index contributed by atoms with van der Waals surface area (Å²) in [6.45, 7) is 0.692. The Morgan fingerprint density at radius 1 is 1.19 bits per heavy atom. The van der Waals surface area contributed by atoms with Gasteiger partial charge < -0.3 is 9.84 Å². The highest BCUT2D eigenvalue weighted by atomic mass is 32.2. The first-order valence-electron chi connectivity index (χ1n) is 7.05. The lowest BCUT2D eigenvalue weighted by Crippen LogP contribution is -2.13. The molecule has 0 radical (unpaired) electrons. The normalized spacial score (nSPS) is 15.1. The lowest BCUT2D eigenvalue weighted by Gasteiger charge is -2.22. The molecular formula is C17H17FO2S. The summed E-state index contributed by atoms with van der Waals surface area (Å²) in [5.74, 6) is 0.965. The van der Waals surface area contributed by atoms with Crippen LogP contribution < -0.4 is 4.74 Å². The number of aliphatic hydroxyl groups is 1. The first-order valence-corrected chi connectivity index (χ1v) is 8.04. The molecule has 0 aromatic heterocycles. The molecule has 1 atom stereocenters. The summed E-state index contributed by atoms with van der Waals surface area (Å²) in [5.41, 5.74) is 1.95. The van der Waals surface area contributed by atoms with Crippen LogP contribution in [0, 0.1) is 5.82 Å². The molecule has 0 aliphatic carbocycles. The fourth-order valence-electron chi connectivity index (χ4n) is 2.50. The van der Waals surface area contributed by atoms with Gasteiger partial charge in [0.25, 0.3) is 0 Å². The van der Waals surface area contributed by atoms with Gasteiger partial charge in [-0.25, -0.2) is 4.39 Å². The number of ether oxygens (including phenoxy) is 1. The highest BCUT2D eigenvalue weighted by Gasteiger charge is 2.19. The minimum atomic E-state index is -0.664. The van der Waals surface area contributed by atoms with Crippen molar-refractivity contribution in [1.82, 2.24) is 0 Å². The number of rotatable bonds is 4. The van der Waals surface area contributed by atoms with Gasteiger partial charge >= 0.3 is 0 Å². The lowest BCUT2D eigenvalue weighted by atomic mass is 10.00. The number of fused-ring (bicyclic) bond motifs is 1. The monoisotopic (exact) mass is 304 g/mol. The number of para-hydroxylation sites is 1.